The molecule has 2 heterocycles. The molecule has 0 radical (unpaired) electrons. The third-order valence-corrected chi connectivity index (χ3v) is 6.54. The molecule has 0 bridgehead atoms. The Bertz CT molecular complexity index is 1210. The lowest BCUT2D eigenvalue weighted by molar-refractivity contribution is -0.120. The minimum Gasteiger partial charge on any atom is -0.497 e. The van der Waals surface area contributed by atoms with E-state index in [2.05, 4.69) is 5.32 Å². The van der Waals surface area contributed by atoms with E-state index in [1.807, 2.05) is 50.2 Å². The van der Waals surface area contributed by atoms with Crippen molar-refractivity contribution in [3.05, 3.63) is 59.3 Å². The maximum absolute atomic E-state index is 12.6. The summed E-state index contributed by atoms with van der Waals surface area (Å²) in [7, 11) is 1.61. The number of methoxy groups -OCH3 is 1. The molecule has 34 heavy (non-hydrogen) atoms. The van der Waals surface area contributed by atoms with E-state index in [4.69, 9.17) is 25.0 Å². The van der Waals surface area contributed by atoms with Crippen LogP contribution in [0.25, 0.3) is 5.69 Å². The molecule has 10 heteroatoms. The third-order valence-electron chi connectivity index (χ3n) is 5.27. The van der Waals surface area contributed by atoms with E-state index < -0.39 is 5.91 Å². The summed E-state index contributed by atoms with van der Waals surface area (Å²) in [5.74, 6) is 1.92. The largest absolute Gasteiger partial charge is 0.497 e. The maximum Gasteiger partial charge on any atom is 0.255 e. The predicted molar refractivity (Wildman–Crippen MR) is 130 cm³/mol. The van der Waals surface area contributed by atoms with Crippen molar-refractivity contribution in [2.24, 2.45) is 5.73 Å². The van der Waals surface area contributed by atoms with E-state index in [0.717, 1.165) is 28.3 Å². The number of fused-ring (bicyclic) bond motifs is 1. The lowest BCUT2D eigenvalue weighted by Crippen LogP contribution is -2.20. The van der Waals surface area contributed by atoms with Gasteiger partial charge in [0.25, 0.3) is 5.91 Å². The van der Waals surface area contributed by atoms with Crippen molar-refractivity contribution in [2.45, 2.75) is 19.1 Å². The molecular formula is C24H26N4O5S. The molecule has 0 saturated heterocycles. The molecule has 3 aromatic rings. The van der Waals surface area contributed by atoms with Gasteiger partial charge >= 0.3 is 0 Å². The molecule has 1 aliphatic rings. The number of primary amides is 1. The molecule has 0 aliphatic carbocycles. The highest BCUT2D eigenvalue weighted by molar-refractivity contribution is 8.00. The molecule has 0 unspecified atom stereocenters. The summed E-state index contributed by atoms with van der Waals surface area (Å²) in [6.07, 6.45) is 0. The molecule has 1 atom stereocenters. The van der Waals surface area contributed by atoms with Crippen LogP contribution in [0.3, 0.4) is 0 Å². The van der Waals surface area contributed by atoms with Gasteiger partial charge in [-0.1, -0.05) is 6.07 Å². The smallest absolute Gasteiger partial charge is 0.255 e. The third kappa shape index (κ3) is 4.81. The Morgan fingerprint density at radius 2 is 1.97 bits per heavy atom. The van der Waals surface area contributed by atoms with Gasteiger partial charge in [-0.15, -0.1) is 11.8 Å². The van der Waals surface area contributed by atoms with Gasteiger partial charge in [0, 0.05) is 5.56 Å². The topological polar surface area (TPSA) is 118 Å². The number of ether oxygens (including phenoxy) is 3. The van der Waals surface area contributed by atoms with Gasteiger partial charge in [-0.05, 0) is 55.8 Å². The normalized spacial score (nSPS) is 15.1. The Labute approximate surface area is 201 Å². The molecule has 0 saturated carbocycles. The number of amides is 2. The van der Waals surface area contributed by atoms with E-state index >= 15 is 0 Å². The number of carbonyl (C=O) groups excluding carboxylic acids is 2. The minimum atomic E-state index is -0.568. The second-order valence-electron chi connectivity index (χ2n) is 7.59. The van der Waals surface area contributed by atoms with Crippen LogP contribution >= 0.6 is 11.8 Å². The number of hydrogen-bond acceptors (Lipinski definition) is 7. The van der Waals surface area contributed by atoms with Crippen molar-refractivity contribution in [1.82, 2.24) is 9.78 Å². The van der Waals surface area contributed by atoms with E-state index in [9.17, 15) is 9.59 Å². The number of anilines is 1. The first-order chi connectivity index (χ1) is 16.4. The number of benzene rings is 2. The molecule has 9 nitrogen and oxygen atoms in total. The standard InChI is InChI=1S/C24H26N4O5S/c1-4-32-19-11-15(5-10-18(19)33-12-20(25)29)23-22-14(2)27-28(24(22)26-21(30)13-34-23)16-6-8-17(31-3)9-7-16/h5-11,23H,4,12-13H2,1-3H3,(H2,25,29)(H,26,30)/t23-/m1/s1. The molecule has 1 aliphatic heterocycles. The highest BCUT2D eigenvalue weighted by Gasteiger charge is 2.31. The average Bonchev–Trinajstić information content (AvgIpc) is 3.03. The van der Waals surface area contributed by atoms with Crippen LogP contribution in [0.1, 0.15) is 29.0 Å². The van der Waals surface area contributed by atoms with E-state index in [0.29, 0.717) is 23.9 Å². The fourth-order valence-electron chi connectivity index (χ4n) is 3.78. The second-order valence-corrected chi connectivity index (χ2v) is 8.68. The first-order valence-corrected chi connectivity index (χ1v) is 11.8. The van der Waals surface area contributed by atoms with E-state index in [-0.39, 0.29) is 23.5 Å². The molecule has 4 rings (SSSR count). The van der Waals surface area contributed by atoms with Crippen LogP contribution in [0.15, 0.2) is 42.5 Å². The number of rotatable bonds is 8. The molecule has 178 valence electrons. The first-order valence-electron chi connectivity index (χ1n) is 10.7. The summed E-state index contributed by atoms with van der Waals surface area (Å²) in [6, 6.07) is 13.0. The summed E-state index contributed by atoms with van der Waals surface area (Å²) in [5.41, 5.74) is 8.67. The molecular weight excluding hydrogens is 456 g/mol. The fourth-order valence-corrected chi connectivity index (χ4v) is 4.96. The minimum absolute atomic E-state index is 0.102. The van der Waals surface area contributed by atoms with Gasteiger partial charge in [0.1, 0.15) is 11.6 Å². The number of nitrogens with zero attached hydrogens (tertiary/aromatic N) is 2. The number of thioether (sulfide) groups is 1. The van der Waals surface area contributed by atoms with Gasteiger partial charge in [0.2, 0.25) is 5.91 Å². The number of nitrogens with two attached hydrogens (primary N) is 1. The zero-order chi connectivity index (χ0) is 24.2. The van der Waals surface area contributed by atoms with Crippen LogP contribution in [0.5, 0.6) is 17.2 Å². The predicted octanol–water partition coefficient (Wildman–Crippen LogP) is 3.23. The molecule has 0 spiro atoms. The zero-order valence-corrected chi connectivity index (χ0v) is 20.0. The summed E-state index contributed by atoms with van der Waals surface area (Å²) in [4.78, 5) is 23.8. The van der Waals surface area contributed by atoms with E-state index in [1.54, 1.807) is 17.9 Å². The van der Waals surface area contributed by atoms with Crippen molar-refractivity contribution in [3.63, 3.8) is 0 Å². The van der Waals surface area contributed by atoms with Gasteiger partial charge in [-0.3, -0.25) is 9.59 Å². The van der Waals surface area contributed by atoms with Crippen LogP contribution in [0, 0.1) is 6.92 Å². The van der Waals surface area contributed by atoms with Gasteiger partial charge in [-0.2, -0.15) is 5.10 Å². The lowest BCUT2D eigenvalue weighted by atomic mass is 10.0. The lowest BCUT2D eigenvalue weighted by Gasteiger charge is -2.18. The highest BCUT2D eigenvalue weighted by Crippen LogP contribution is 2.45. The van der Waals surface area contributed by atoms with Crippen molar-refractivity contribution >= 4 is 29.4 Å². The highest BCUT2D eigenvalue weighted by atomic mass is 32.2. The van der Waals surface area contributed by atoms with E-state index in [1.165, 1.54) is 11.8 Å². The number of nitrogens with one attached hydrogen (secondary N) is 1. The van der Waals surface area contributed by atoms with Gasteiger partial charge in [-0.25, -0.2) is 4.68 Å². The monoisotopic (exact) mass is 482 g/mol. The van der Waals surface area contributed by atoms with Gasteiger partial charge < -0.3 is 25.3 Å². The Morgan fingerprint density at radius 1 is 1.21 bits per heavy atom. The first kappa shape index (κ1) is 23.5. The Kier molecular flexibility index (Phi) is 6.97. The SMILES string of the molecule is CCOc1cc([C@H]2SCC(=O)Nc3c2c(C)nn3-c2ccc(OC)cc2)ccc1OCC(N)=O. The van der Waals surface area contributed by atoms with Crippen LogP contribution in [-0.4, -0.2) is 47.7 Å². The number of aryl methyl sites for hydroxylation is 1. The summed E-state index contributed by atoms with van der Waals surface area (Å²) < 4.78 is 18.3. The van der Waals surface area contributed by atoms with Crippen molar-refractivity contribution in [3.8, 4) is 22.9 Å². The summed E-state index contributed by atoms with van der Waals surface area (Å²) >= 11 is 1.51. The number of hydrogen-bond donors (Lipinski definition) is 2. The molecule has 2 amide bonds. The average molecular weight is 483 g/mol. The van der Waals surface area contributed by atoms with Crippen LogP contribution < -0.4 is 25.3 Å². The maximum atomic E-state index is 12.6. The quantitative estimate of drug-likeness (QED) is 0.506. The zero-order valence-electron chi connectivity index (χ0n) is 19.2. The number of aromatic nitrogens is 2. The Balaban J connectivity index is 1.77. The Morgan fingerprint density at radius 3 is 2.65 bits per heavy atom. The number of carbonyl (C=O) groups is 2. The van der Waals surface area contributed by atoms with Gasteiger partial charge in [0.15, 0.2) is 18.1 Å². The summed E-state index contributed by atoms with van der Waals surface area (Å²) in [5, 5.41) is 7.58. The molecule has 1 aromatic heterocycles. The Hall–Kier alpha value is -3.66. The molecule has 0 fully saturated rings. The van der Waals surface area contributed by atoms with Crippen LogP contribution in [-0.2, 0) is 9.59 Å². The second kappa shape index (κ2) is 10.1. The van der Waals surface area contributed by atoms with Crippen LogP contribution in [0.4, 0.5) is 5.82 Å². The molecule has 2 aromatic carbocycles. The fraction of sp³-hybridized carbons (Fsp3) is 0.292. The van der Waals surface area contributed by atoms with Gasteiger partial charge in [0.05, 0.1) is 36.1 Å². The van der Waals surface area contributed by atoms with Crippen molar-refractivity contribution in [1.29, 1.82) is 0 Å². The van der Waals surface area contributed by atoms with Crippen LogP contribution in [0.2, 0.25) is 0 Å². The summed E-state index contributed by atoms with van der Waals surface area (Å²) in [6.45, 7) is 3.98. The van der Waals surface area contributed by atoms with Crippen molar-refractivity contribution in [2.75, 3.05) is 31.4 Å². The molecule has 3 N–H and O–H groups in total. The van der Waals surface area contributed by atoms with Crippen molar-refractivity contribution < 1.29 is 23.8 Å².